The Bertz CT molecular complexity index is 1130. The van der Waals surface area contributed by atoms with Crippen molar-refractivity contribution < 1.29 is 23.0 Å². The van der Waals surface area contributed by atoms with Crippen molar-refractivity contribution in [3.8, 4) is 5.88 Å². The van der Waals surface area contributed by atoms with E-state index in [4.69, 9.17) is 16.3 Å². The number of thioether (sulfide) groups is 1. The van der Waals surface area contributed by atoms with E-state index in [2.05, 4.69) is 9.97 Å². The van der Waals surface area contributed by atoms with Crippen LogP contribution in [-0.2, 0) is 6.18 Å². The molecule has 0 aliphatic heterocycles. The highest BCUT2D eigenvalue weighted by Crippen LogP contribution is 2.42. The lowest BCUT2D eigenvalue weighted by Gasteiger charge is -2.18. The van der Waals surface area contributed by atoms with Crippen molar-refractivity contribution in [1.29, 1.82) is 0 Å². The van der Waals surface area contributed by atoms with Crippen LogP contribution in [0.1, 0.15) is 5.56 Å². The van der Waals surface area contributed by atoms with Crippen LogP contribution in [0.15, 0.2) is 44.9 Å². The van der Waals surface area contributed by atoms with Crippen molar-refractivity contribution in [3.05, 3.63) is 61.9 Å². The summed E-state index contributed by atoms with van der Waals surface area (Å²) < 4.78 is 45.6. The monoisotopic (exact) mass is 447 g/mol. The van der Waals surface area contributed by atoms with Gasteiger partial charge < -0.3 is 14.8 Å². The molecular weight excluding hydrogens is 435 g/mol. The maximum absolute atomic E-state index is 13.4. The van der Waals surface area contributed by atoms with Gasteiger partial charge in [-0.1, -0.05) is 17.7 Å². The molecule has 0 spiro atoms. The Balaban J connectivity index is 2.02. The van der Waals surface area contributed by atoms with Gasteiger partial charge in [0.1, 0.15) is 6.10 Å². The Kier molecular flexibility index (Phi) is 6.20. The first-order valence-electron chi connectivity index (χ1n) is 8.08. The largest absolute Gasteiger partial charge is 0.471 e. The summed E-state index contributed by atoms with van der Waals surface area (Å²) in [6.07, 6.45) is -4.17. The number of aliphatic hydroxyl groups is 1. The normalized spacial score (nSPS) is 12.9. The molecule has 0 saturated carbocycles. The van der Waals surface area contributed by atoms with Crippen molar-refractivity contribution in [1.82, 2.24) is 15.0 Å². The van der Waals surface area contributed by atoms with Crippen molar-refractivity contribution >= 4 is 34.3 Å². The number of ether oxygens (including phenoxy) is 1. The molecule has 3 rings (SSSR count). The van der Waals surface area contributed by atoms with Crippen LogP contribution in [0.4, 0.5) is 13.2 Å². The molecule has 3 N–H and O–H groups in total. The molecule has 12 heteroatoms. The Morgan fingerprint density at radius 3 is 2.66 bits per heavy atom. The van der Waals surface area contributed by atoms with E-state index in [0.717, 1.165) is 11.8 Å². The molecule has 3 aromatic rings. The SMILES string of the molecule is O=c1[nH]c(=O)c2cc(C(F)(F)F)c(Cl)c(SC[C@H](CO)Oc3ccccn3)c2[nH]1. The van der Waals surface area contributed by atoms with Crippen LogP contribution >= 0.6 is 23.4 Å². The third-order valence-electron chi connectivity index (χ3n) is 3.78. The number of fused-ring (bicyclic) bond motifs is 1. The molecule has 0 unspecified atom stereocenters. The van der Waals surface area contributed by atoms with Gasteiger partial charge in [-0.25, -0.2) is 9.78 Å². The molecule has 0 saturated heterocycles. The number of hydrogen-bond acceptors (Lipinski definition) is 6. The Labute approximate surface area is 169 Å². The molecule has 29 heavy (non-hydrogen) atoms. The van der Waals surface area contributed by atoms with Crippen LogP contribution in [0.25, 0.3) is 10.9 Å². The topological polar surface area (TPSA) is 108 Å². The van der Waals surface area contributed by atoms with Gasteiger partial charge >= 0.3 is 11.9 Å². The van der Waals surface area contributed by atoms with E-state index >= 15 is 0 Å². The average molecular weight is 448 g/mol. The van der Waals surface area contributed by atoms with E-state index in [1.165, 1.54) is 6.20 Å². The second-order valence-corrected chi connectivity index (χ2v) is 7.21. The third kappa shape index (κ3) is 4.74. The van der Waals surface area contributed by atoms with Gasteiger partial charge in [0.2, 0.25) is 5.88 Å². The number of hydrogen-bond donors (Lipinski definition) is 3. The van der Waals surface area contributed by atoms with Gasteiger partial charge in [-0.3, -0.25) is 9.78 Å². The molecule has 0 amide bonds. The minimum absolute atomic E-state index is 0.0297. The second-order valence-electron chi connectivity index (χ2n) is 5.80. The van der Waals surface area contributed by atoms with E-state index in [1.807, 2.05) is 4.98 Å². The number of nitrogens with one attached hydrogen (secondary N) is 2. The van der Waals surface area contributed by atoms with E-state index in [9.17, 15) is 27.9 Å². The van der Waals surface area contributed by atoms with Gasteiger partial charge in [-0.15, -0.1) is 11.8 Å². The number of H-pyrrole nitrogens is 2. The molecule has 7 nitrogen and oxygen atoms in total. The summed E-state index contributed by atoms with van der Waals surface area (Å²) in [4.78, 5) is 31.6. The van der Waals surface area contributed by atoms with E-state index in [-0.39, 0.29) is 27.4 Å². The summed E-state index contributed by atoms with van der Waals surface area (Å²) in [5.74, 6) is 0.190. The summed E-state index contributed by atoms with van der Waals surface area (Å²) >= 11 is 6.78. The maximum Gasteiger partial charge on any atom is 0.417 e. The Morgan fingerprint density at radius 2 is 2.03 bits per heavy atom. The summed E-state index contributed by atoms with van der Waals surface area (Å²) in [5, 5.41) is 8.50. The number of aromatic nitrogens is 3. The predicted octanol–water partition coefficient (Wildman–Crippen LogP) is 2.82. The van der Waals surface area contributed by atoms with Crippen molar-refractivity contribution in [2.24, 2.45) is 0 Å². The van der Waals surface area contributed by atoms with Crippen LogP contribution in [0, 0.1) is 0 Å². The number of nitrogens with zero attached hydrogens (tertiary/aromatic N) is 1. The first-order chi connectivity index (χ1) is 13.7. The van der Waals surface area contributed by atoms with Gasteiger partial charge in [0.05, 0.1) is 33.0 Å². The number of alkyl halides is 3. The zero-order chi connectivity index (χ0) is 21.2. The number of aliphatic hydroxyl groups excluding tert-OH is 1. The maximum atomic E-state index is 13.4. The molecule has 0 aliphatic carbocycles. The van der Waals surface area contributed by atoms with E-state index < -0.39 is 40.7 Å². The van der Waals surface area contributed by atoms with E-state index in [0.29, 0.717) is 6.07 Å². The lowest BCUT2D eigenvalue weighted by molar-refractivity contribution is -0.137. The van der Waals surface area contributed by atoms with Crippen molar-refractivity contribution in [2.75, 3.05) is 12.4 Å². The molecule has 1 atom stereocenters. The van der Waals surface area contributed by atoms with E-state index in [1.54, 1.807) is 18.2 Å². The molecule has 0 aliphatic rings. The minimum Gasteiger partial charge on any atom is -0.471 e. The van der Waals surface area contributed by atoms with Crippen molar-refractivity contribution in [2.45, 2.75) is 17.2 Å². The van der Waals surface area contributed by atoms with Crippen LogP contribution < -0.4 is 16.0 Å². The van der Waals surface area contributed by atoms with Gasteiger partial charge in [-0.2, -0.15) is 13.2 Å². The highest BCUT2D eigenvalue weighted by molar-refractivity contribution is 7.99. The summed E-state index contributed by atoms with van der Waals surface area (Å²) in [5.41, 5.74) is -3.20. The first kappa shape index (κ1) is 21.2. The number of halogens is 4. The zero-order valence-corrected chi connectivity index (χ0v) is 16.0. The van der Waals surface area contributed by atoms with Crippen LogP contribution in [0.3, 0.4) is 0 Å². The zero-order valence-electron chi connectivity index (χ0n) is 14.4. The fourth-order valence-corrected chi connectivity index (χ4v) is 3.97. The van der Waals surface area contributed by atoms with Crippen molar-refractivity contribution in [3.63, 3.8) is 0 Å². The molecule has 154 valence electrons. The van der Waals surface area contributed by atoms with Gasteiger partial charge in [0, 0.05) is 18.0 Å². The number of rotatable bonds is 6. The minimum atomic E-state index is -4.82. The average Bonchev–Trinajstić information content (AvgIpc) is 2.65. The number of benzene rings is 1. The van der Waals surface area contributed by atoms with Gasteiger partial charge in [0.25, 0.3) is 5.56 Å². The van der Waals surface area contributed by atoms with Gasteiger partial charge in [0.15, 0.2) is 0 Å². The molecule has 2 heterocycles. The molecular formula is C17H13ClF3N3O4S. The first-order valence-corrected chi connectivity index (χ1v) is 9.44. The summed E-state index contributed by atoms with van der Waals surface area (Å²) in [6.45, 7) is -0.449. The second kappa shape index (κ2) is 8.47. The summed E-state index contributed by atoms with van der Waals surface area (Å²) in [7, 11) is 0. The molecule has 0 radical (unpaired) electrons. The van der Waals surface area contributed by atoms with Crippen LogP contribution in [0.2, 0.25) is 5.02 Å². The summed E-state index contributed by atoms with van der Waals surface area (Å²) in [6, 6.07) is 5.47. The quantitative estimate of drug-likeness (QED) is 0.501. The predicted molar refractivity (Wildman–Crippen MR) is 102 cm³/mol. The van der Waals surface area contributed by atoms with Gasteiger partial charge in [-0.05, 0) is 12.1 Å². The molecule has 0 fully saturated rings. The number of aromatic amines is 2. The molecule has 1 aromatic carbocycles. The number of pyridine rings is 1. The highest BCUT2D eigenvalue weighted by atomic mass is 35.5. The standard InChI is InChI=1S/C17H13ClF3N3O4S/c18-12-10(17(19,20)21)5-9-13(23-16(27)24-15(9)26)14(12)29-7-8(6-25)28-11-3-1-2-4-22-11/h1-5,8,25H,6-7H2,(H2,23,24,26,27)/t8-/m0/s1. The Hall–Kier alpha value is -2.50. The smallest absolute Gasteiger partial charge is 0.417 e. The third-order valence-corrected chi connectivity index (χ3v) is 5.52. The lowest BCUT2D eigenvalue weighted by atomic mass is 10.1. The Morgan fingerprint density at radius 1 is 1.28 bits per heavy atom. The fraction of sp³-hybridized carbons (Fsp3) is 0.235. The molecule has 2 aromatic heterocycles. The highest BCUT2D eigenvalue weighted by Gasteiger charge is 2.35. The lowest BCUT2D eigenvalue weighted by Crippen LogP contribution is -2.25. The van der Waals surface area contributed by atoms with Crippen LogP contribution in [0.5, 0.6) is 5.88 Å². The fourth-order valence-electron chi connectivity index (χ4n) is 2.48. The molecule has 0 bridgehead atoms. The van der Waals surface area contributed by atoms with Crippen LogP contribution in [-0.4, -0.2) is 38.5 Å².